The molecule has 0 radical (unpaired) electrons. The van der Waals surface area contributed by atoms with Crippen molar-refractivity contribution in [2.75, 3.05) is 36.1 Å². The number of carbonyl (C=O) groups is 1. The molecule has 0 atom stereocenters. The van der Waals surface area contributed by atoms with Gasteiger partial charge in [-0.1, -0.05) is 36.4 Å². The molecule has 2 heterocycles. The molecule has 2 amide bonds. The normalized spacial score (nSPS) is 16.1. The Balaban J connectivity index is 1.66. The highest BCUT2D eigenvalue weighted by atomic mass is 35.5. The third-order valence-corrected chi connectivity index (χ3v) is 7.16. The lowest BCUT2D eigenvalue weighted by Crippen LogP contribution is -2.42. The van der Waals surface area contributed by atoms with E-state index in [1.807, 2.05) is 4.72 Å². The van der Waals surface area contributed by atoms with E-state index in [0.717, 1.165) is 38.0 Å². The Morgan fingerprint density at radius 2 is 2.00 bits per heavy atom. The average Bonchev–Trinajstić information content (AvgIpc) is 2.71. The fourth-order valence-corrected chi connectivity index (χ4v) is 4.58. The van der Waals surface area contributed by atoms with Crippen LogP contribution in [-0.2, 0) is 10.0 Å². The molecule has 1 aromatic heterocycles. The number of nitrogens with two attached hydrogens (primary N) is 1. The van der Waals surface area contributed by atoms with Crippen molar-refractivity contribution >= 4 is 50.9 Å². The summed E-state index contributed by atoms with van der Waals surface area (Å²) in [5, 5.41) is 3.35. The number of hydrogen-bond donors (Lipinski definition) is 3. The lowest BCUT2D eigenvalue weighted by atomic mass is 9.80. The van der Waals surface area contributed by atoms with Crippen LogP contribution in [0.25, 0.3) is 0 Å². The maximum atomic E-state index is 11.8. The van der Waals surface area contributed by atoms with Crippen LogP contribution in [0.15, 0.2) is 40.5 Å². The molecule has 1 saturated heterocycles. The summed E-state index contributed by atoms with van der Waals surface area (Å²) in [5.41, 5.74) is 6.35. The second-order valence-electron chi connectivity index (χ2n) is 7.76. The van der Waals surface area contributed by atoms with Gasteiger partial charge in [-0.3, -0.25) is 0 Å². The fourth-order valence-electron chi connectivity index (χ4n) is 3.12. The molecule has 31 heavy (non-hydrogen) atoms. The summed E-state index contributed by atoms with van der Waals surface area (Å²) in [6, 6.07) is 4.17. The summed E-state index contributed by atoms with van der Waals surface area (Å²) in [5.74, 6) is 0.822. The van der Waals surface area contributed by atoms with Crippen molar-refractivity contribution in [1.82, 2.24) is 14.7 Å². The molecule has 0 bridgehead atoms. The Hall–Kier alpha value is -2.08. The molecule has 168 valence electrons. The van der Waals surface area contributed by atoms with Crippen LogP contribution in [-0.4, -0.2) is 50.3 Å². The van der Waals surface area contributed by atoms with Crippen LogP contribution >= 0.6 is 23.4 Å². The first-order chi connectivity index (χ1) is 14.6. The van der Waals surface area contributed by atoms with Gasteiger partial charge >= 0.3 is 6.03 Å². The molecular formula is C19H25ClN6O3S2. The number of sulfonamides is 1. The van der Waals surface area contributed by atoms with Crippen LogP contribution in [0.5, 0.6) is 0 Å². The number of halogens is 1. The Kier molecular flexibility index (Phi) is 7.30. The molecule has 3 rings (SSSR count). The molecule has 1 aliphatic rings. The van der Waals surface area contributed by atoms with Gasteiger partial charge < -0.3 is 16.0 Å². The predicted octanol–water partition coefficient (Wildman–Crippen LogP) is 2.93. The first kappa shape index (κ1) is 23.6. The van der Waals surface area contributed by atoms with Crippen molar-refractivity contribution in [3.8, 4) is 0 Å². The summed E-state index contributed by atoms with van der Waals surface area (Å²) in [4.78, 5) is 23.7. The number of nitrogens with zero attached hydrogens (tertiary/aromatic N) is 3. The maximum absolute atomic E-state index is 11.8. The Morgan fingerprint density at radius 1 is 1.29 bits per heavy atom. The minimum absolute atomic E-state index is 0.188. The van der Waals surface area contributed by atoms with Crippen molar-refractivity contribution in [2.24, 2.45) is 11.1 Å². The number of amides is 2. The Labute approximate surface area is 191 Å². The van der Waals surface area contributed by atoms with Crippen molar-refractivity contribution in [2.45, 2.75) is 29.7 Å². The van der Waals surface area contributed by atoms with Crippen LogP contribution < -0.4 is 20.7 Å². The maximum Gasteiger partial charge on any atom is 0.332 e. The highest BCUT2D eigenvalue weighted by Gasteiger charge is 2.29. The van der Waals surface area contributed by atoms with Crippen LogP contribution in [0, 0.1) is 5.41 Å². The van der Waals surface area contributed by atoms with Gasteiger partial charge in [-0.2, -0.15) is 0 Å². The molecule has 0 saturated carbocycles. The van der Waals surface area contributed by atoms with Gasteiger partial charge in [0.15, 0.2) is 0 Å². The van der Waals surface area contributed by atoms with Crippen LogP contribution in [0.2, 0.25) is 5.02 Å². The predicted molar refractivity (Wildman–Crippen MR) is 123 cm³/mol. The van der Waals surface area contributed by atoms with Gasteiger partial charge in [-0.05, 0) is 36.9 Å². The number of carbonyl (C=O) groups excluding carboxylic acids is 1. The van der Waals surface area contributed by atoms with Crippen LogP contribution in [0.4, 0.5) is 16.3 Å². The van der Waals surface area contributed by atoms with Gasteiger partial charge in [0.25, 0.3) is 0 Å². The van der Waals surface area contributed by atoms with E-state index in [0.29, 0.717) is 16.5 Å². The number of urea groups is 1. The van der Waals surface area contributed by atoms with Gasteiger partial charge in [-0.15, -0.1) is 0 Å². The molecule has 9 nitrogen and oxygen atoms in total. The largest absolute Gasteiger partial charge is 0.355 e. The molecule has 1 aliphatic heterocycles. The number of rotatable bonds is 6. The van der Waals surface area contributed by atoms with E-state index in [2.05, 4.69) is 27.1 Å². The number of nitrogens with one attached hydrogen (secondary N) is 2. The molecule has 12 heteroatoms. The SMILES string of the molecule is CC1(CN)CCN(c2cnc(Sc3cccc(NC(=O)NS(C)(=O)=O)c3Cl)cn2)CC1. The van der Waals surface area contributed by atoms with Crippen LogP contribution in [0.3, 0.4) is 0 Å². The third-order valence-electron chi connectivity index (χ3n) is 5.11. The number of anilines is 2. The van der Waals surface area contributed by atoms with E-state index < -0.39 is 16.1 Å². The van der Waals surface area contributed by atoms with Gasteiger partial charge in [0.05, 0.1) is 29.4 Å². The number of benzene rings is 1. The van der Waals surface area contributed by atoms with E-state index >= 15 is 0 Å². The van der Waals surface area contributed by atoms with Crippen molar-refractivity contribution in [3.63, 3.8) is 0 Å². The second-order valence-corrected chi connectivity index (χ2v) is 11.0. The van der Waals surface area contributed by atoms with Gasteiger partial charge in [-0.25, -0.2) is 27.9 Å². The molecule has 1 fully saturated rings. The molecule has 0 spiro atoms. The summed E-state index contributed by atoms with van der Waals surface area (Å²) in [6.07, 6.45) is 6.35. The molecule has 1 aromatic carbocycles. The van der Waals surface area contributed by atoms with E-state index in [1.54, 1.807) is 30.6 Å². The number of hydrogen-bond acceptors (Lipinski definition) is 8. The van der Waals surface area contributed by atoms with Crippen molar-refractivity contribution in [3.05, 3.63) is 35.6 Å². The first-order valence-corrected chi connectivity index (χ1v) is 12.7. The van der Waals surface area contributed by atoms with Crippen LogP contribution in [0.1, 0.15) is 19.8 Å². The van der Waals surface area contributed by atoms with E-state index in [9.17, 15) is 13.2 Å². The summed E-state index contributed by atoms with van der Waals surface area (Å²) < 4.78 is 24.2. The van der Waals surface area contributed by atoms with Gasteiger partial charge in [0.1, 0.15) is 10.8 Å². The first-order valence-electron chi connectivity index (χ1n) is 9.61. The van der Waals surface area contributed by atoms with E-state index in [4.69, 9.17) is 17.3 Å². The third kappa shape index (κ3) is 6.45. The lowest BCUT2D eigenvalue weighted by molar-refractivity contribution is 0.256. The molecular weight excluding hydrogens is 460 g/mol. The van der Waals surface area contributed by atoms with Gasteiger partial charge in [0, 0.05) is 18.0 Å². The number of aromatic nitrogens is 2. The number of piperidine rings is 1. The molecule has 4 N–H and O–H groups in total. The summed E-state index contributed by atoms with van der Waals surface area (Å²) in [7, 11) is -3.68. The monoisotopic (exact) mass is 484 g/mol. The zero-order valence-electron chi connectivity index (χ0n) is 17.3. The zero-order valence-corrected chi connectivity index (χ0v) is 19.6. The highest BCUT2D eigenvalue weighted by Crippen LogP contribution is 2.37. The second kappa shape index (κ2) is 9.60. The summed E-state index contributed by atoms with van der Waals surface area (Å²) >= 11 is 7.68. The fraction of sp³-hybridized carbons (Fsp3) is 0.421. The Morgan fingerprint density at radius 3 is 2.58 bits per heavy atom. The smallest absolute Gasteiger partial charge is 0.332 e. The quantitative estimate of drug-likeness (QED) is 0.570. The standard InChI is InChI=1S/C19H25ClN6O3S2/c1-19(12-21)6-8-26(9-7-19)15-10-23-16(11-22-15)30-14-5-3-4-13(17(14)20)24-18(27)25-31(2,28)29/h3-5,10-11H,6-9,12,21H2,1-2H3,(H2,24,25,27). The van der Waals surface area contributed by atoms with Gasteiger partial charge in [0.2, 0.25) is 10.0 Å². The minimum atomic E-state index is -3.68. The molecule has 2 aromatic rings. The summed E-state index contributed by atoms with van der Waals surface area (Å²) in [6.45, 7) is 4.69. The average molecular weight is 485 g/mol. The lowest BCUT2D eigenvalue weighted by Gasteiger charge is -2.39. The Bertz CT molecular complexity index is 1040. The minimum Gasteiger partial charge on any atom is -0.355 e. The molecule has 0 aliphatic carbocycles. The zero-order chi connectivity index (χ0) is 22.6. The van der Waals surface area contributed by atoms with E-state index in [-0.39, 0.29) is 16.1 Å². The van der Waals surface area contributed by atoms with Crippen molar-refractivity contribution < 1.29 is 13.2 Å². The molecule has 0 unspecified atom stereocenters. The van der Waals surface area contributed by atoms with E-state index in [1.165, 1.54) is 11.8 Å². The highest BCUT2D eigenvalue weighted by molar-refractivity contribution is 7.99. The van der Waals surface area contributed by atoms with Crippen molar-refractivity contribution in [1.29, 1.82) is 0 Å². The topological polar surface area (TPSA) is 130 Å².